The second kappa shape index (κ2) is 31.3. The first-order valence-electron chi connectivity index (χ1n) is 7.37. The van der Waals surface area contributed by atoms with Crippen molar-refractivity contribution in [1.29, 1.82) is 0 Å². The van der Waals surface area contributed by atoms with Crippen molar-refractivity contribution in [2.75, 3.05) is 6.61 Å². The Bertz CT molecular complexity index is 244. The standard InChI is InChI=1S/C14H28O.3K.H3O4P/c1-3-5-6-7-8-9-10-11-12-13-14-15-4-2;;;;1-5(2,3)4/h4H,2-3,5-14H2,1H3;;;;(H3,1,2,3,4)/q;3*+1;/p-3. The topological polar surface area (TPSA) is 95.5 Å². The molecule has 0 aliphatic carbocycles. The zero-order valence-corrected chi connectivity index (χ0v) is 25.8. The number of hydrogen-bond donors (Lipinski definition) is 0. The van der Waals surface area contributed by atoms with Crippen LogP contribution in [0.15, 0.2) is 12.8 Å². The molecule has 0 spiro atoms. The minimum atomic E-state index is -5.39. The van der Waals surface area contributed by atoms with Gasteiger partial charge in [0.25, 0.3) is 0 Å². The van der Waals surface area contributed by atoms with Crippen molar-refractivity contribution in [2.45, 2.75) is 71.1 Å². The summed E-state index contributed by atoms with van der Waals surface area (Å²) in [4.78, 5) is 25.6. The molecular weight excluding hydrogens is 396 g/mol. The van der Waals surface area contributed by atoms with Gasteiger partial charge in [-0.05, 0) is 6.42 Å². The van der Waals surface area contributed by atoms with E-state index in [2.05, 4.69) is 13.5 Å². The third-order valence-corrected chi connectivity index (χ3v) is 2.73. The van der Waals surface area contributed by atoms with Crippen LogP contribution >= 0.6 is 7.82 Å². The molecule has 0 rings (SSSR count). The van der Waals surface area contributed by atoms with Crippen LogP contribution in [0.25, 0.3) is 0 Å². The third kappa shape index (κ3) is 58.4. The minimum Gasteiger partial charge on any atom is -0.822 e. The molecule has 5 nitrogen and oxygen atoms in total. The molecule has 122 valence electrons. The van der Waals surface area contributed by atoms with Crippen LogP contribution in [0.3, 0.4) is 0 Å². The van der Waals surface area contributed by atoms with E-state index in [1.165, 1.54) is 70.5 Å². The Labute approximate surface area is 270 Å². The third-order valence-electron chi connectivity index (χ3n) is 2.73. The van der Waals surface area contributed by atoms with Crippen LogP contribution in [0.1, 0.15) is 71.1 Å². The Balaban J connectivity index is -0.000000118. The summed E-state index contributed by atoms with van der Waals surface area (Å²) < 4.78 is 13.6. The van der Waals surface area contributed by atoms with E-state index in [9.17, 15) is 0 Å². The number of hydrogen-bond acceptors (Lipinski definition) is 5. The van der Waals surface area contributed by atoms with Crippen LogP contribution in [-0.4, -0.2) is 6.61 Å². The molecule has 0 aliphatic rings. The number of ether oxygens (including phenoxy) is 1. The Hall–Kier alpha value is 4.56. The normalized spacial score (nSPS) is 9.22. The molecule has 0 aromatic heterocycles. The van der Waals surface area contributed by atoms with E-state index in [1.54, 1.807) is 0 Å². The van der Waals surface area contributed by atoms with Crippen LogP contribution in [0.5, 0.6) is 0 Å². The van der Waals surface area contributed by atoms with Crippen LogP contribution in [0.4, 0.5) is 0 Å². The van der Waals surface area contributed by atoms with E-state index in [1.807, 2.05) is 0 Å². The maximum Gasteiger partial charge on any atom is 1.00 e. The van der Waals surface area contributed by atoms with Gasteiger partial charge in [-0.3, -0.25) is 0 Å². The first kappa shape index (κ1) is 38.2. The number of phosphoric acid groups is 1. The van der Waals surface area contributed by atoms with Gasteiger partial charge in [-0.25, -0.2) is 0 Å². The molecule has 0 N–H and O–H groups in total. The van der Waals surface area contributed by atoms with Crippen molar-refractivity contribution >= 4 is 7.82 Å². The number of rotatable bonds is 12. The molecule has 9 heteroatoms. The van der Waals surface area contributed by atoms with Crippen LogP contribution in [-0.2, 0) is 9.30 Å². The molecule has 0 heterocycles. The summed E-state index contributed by atoms with van der Waals surface area (Å²) in [5.41, 5.74) is 0. The molecule has 0 unspecified atom stereocenters. The smallest absolute Gasteiger partial charge is 0.822 e. The van der Waals surface area contributed by atoms with Gasteiger partial charge < -0.3 is 24.0 Å². The molecule has 0 fully saturated rings. The SMILES string of the molecule is C=COCCCCCCCCCCCC.O=P([O-])([O-])[O-].[K+].[K+].[K+]. The first-order chi connectivity index (χ1) is 9.41. The van der Waals surface area contributed by atoms with Gasteiger partial charge >= 0.3 is 154 Å². The second-order valence-corrected chi connectivity index (χ2v) is 5.56. The summed E-state index contributed by atoms with van der Waals surface area (Å²) in [6.07, 6.45) is 15.3. The van der Waals surface area contributed by atoms with E-state index >= 15 is 0 Å². The molecule has 0 saturated carbocycles. The molecule has 23 heavy (non-hydrogen) atoms. The van der Waals surface area contributed by atoms with Gasteiger partial charge in [-0.2, -0.15) is 7.82 Å². The average Bonchev–Trinajstić information content (AvgIpc) is 2.34. The molecule has 0 radical (unpaired) electrons. The second-order valence-electron chi connectivity index (χ2n) is 4.67. The molecule has 0 aromatic rings. The fourth-order valence-electron chi connectivity index (χ4n) is 1.76. The zero-order chi connectivity index (χ0) is 15.7. The van der Waals surface area contributed by atoms with Gasteiger partial charge in [0.2, 0.25) is 0 Å². The first-order valence-corrected chi connectivity index (χ1v) is 8.83. The summed E-state index contributed by atoms with van der Waals surface area (Å²) in [6, 6.07) is 0. The largest absolute Gasteiger partial charge is 1.00 e. The Kier molecular flexibility index (Phi) is 51.9. The Morgan fingerprint density at radius 2 is 1.13 bits per heavy atom. The zero-order valence-electron chi connectivity index (χ0n) is 15.6. The molecular formula is C14H28K3O5P. The average molecular weight is 425 g/mol. The molecule has 0 aromatic carbocycles. The predicted octanol–water partition coefficient (Wildman–Crippen LogP) is -6.75. The minimum absolute atomic E-state index is 0. The summed E-state index contributed by atoms with van der Waals surface area (Å²) in [7, 11) is -5.39. The van der Waals surface area contributed by atoms with Gasteiger partial charge in [-0.1, -0.05) is 71.3 Å². The molecule has 0 saturated heterocycles. The Morgan fingerprint density at radius 3 is 1.43 bits per heavy atom. The fraction of sp³-hybridized carbons (Fsp3) is 0.857. The number of unbranched alkanes of at least 4 members (excludes halogenated alkanes) is 9. The maximum atomic E-state index is 8.55. The van der Waals surface area contributed by atoms with Gasteiger partial charge in [0.15, 0.2) is 0 Å². The van der Waals surface area contributed by atoms with E-state index in [-0.39, 0.29) is 154 Å². The van der Waals surface area contributed by atoms with Gasteiger partial charge in [0.05, 0.1) is 12.9 Å². The van der Waals surface area contributed by atoms with Crippen molar-refractivity contribution in [3.8, 4) is 0 Å². The predicted molar refractivity (Wildman–Crippen MR) is 75.6 cm³/mol. The quantitative estimate of drug-likeness (QED) is 0.134. The van der Waals surface area contributed by atoms with Crippen molar-refractivity contribution < 1.29 is 178 Å². The molecule has 0 atom stereocenters. The van der Waals surface area contributed by atoms with Gasteiger partial charge in [0.1, 0.15) is 0 Å². The van der Waals surface area contributed by atoms with E-state index in [0.29, 0.717) is 0 Å². The molecule has 0 amide bonds. The van der Waals surface area contributed by atoms with Gasteiger partial charge in [0, 0.05) is 0 Å². The fourth-order valence-corrected chi connectivity index (χ4v) is 1.76. The maximum absolute atomic E-state index is 8.55. The van der Waals surface area contributed by atoms with Crippen molar-refractivity contribution in [2.24, 2.45) is 0 Å². The Morgan fingerprint density at radius 1 is 0.826 bits per heavy atom. The van der Waals surface area contributed by atoms with E-state index in [0.717, 1.165) is 6.61 Å². The van der Waals surface area contributed by atoms with Crippen molar-refractivity contribution in [1.82, 2.24) is 0 Å². The summed E-state index contributed by atoms with van der Waals surface area (Å²) in [5, 5.41) is 0. The summed E-state index contributed by atoms with van der Waals surface area (Å²) in [6.45, 7) is 6.64. The van der Waals surface area contributed by atoms with Crippen molar-refractivity contribution in [3.63, 3.8) is 0 Å². The summed E-state index contributed by atoms with van der Waals surface area (Å²) >= 11 is 0. The van der Waals surface area contributed by atoms with Crippen LogP contribution in [0, 0.1) is 0 Å². The summed E-state index contributed by atoms with van der Waals surface area (Å²) in [5.74, 6) is 0. The molecule has 0 aliphatic heterocycles. The van der Waals surface area contributed by atoms with Crippen LogP contribution < -0.4 is 169 Å². The van der Waals surface area contributed by atoms with Crippen molar-refractivity contribution in [3.05, 3.63) is 12.8 Å². The monoisotopic (exact) mass is 424 g/mol. The van der Waals surface area contributed by atoms with Crippen LogP contribution in [0.2, 0.25) is 0 Å². The van der Waals surface area contributed by atoms with E-state index < -0.39 is 7.82 Å². The molecule has 0 bridgehead atoms. The van der Waals surface area contributed by atoms with Gasteiger partial charge in [-0.15, -0.1) is 0 Å². The van der Waals surface area contributed by atoms with E-state index in [4.69, 9.17) is 24.0 Å².